The maximum atomic E-state index is 14.2. The summed E-state index contributed by atoms with van der Waals surface area (Å²) in [5, 5.41) is 5.70. The molecule has 0 radical (unpaired) electrons. The van der Waals surface area contributed by atoms with Crippen LogP contribution in [-0.2, 0) is 0 Å². The number of anilines is 1. The Morgan fingerprint density at radius 3 is 2.87 bits per heavy atom. The molecule has 0 spiro atoms. The zero-order chi connectivity index (χ0) is 16.4. The smallest absolute Gasteiger partial charge is 0.147 e. The van der Waals surface area contributed by atoms with Gasteiger partial charge >= 0.3 is 0 Å². The normalized spacial score (nSPS) is 12.7. The second kappa shape index (κ2) is 6.78. The summed E-state index contributed by atoms with van der Waals surface area (Å²) in [4.78, 5) is 10.4. The van der Waals surface area contributed by atoms with Crippen LogP contribution in [-0.4, -0.2) is 35.5 Å². The molecule has 0 aliphatic carbocycles. The Hall–Kier alpha value is -1.76. The predicted octanol–water partition coefficient (Wildman–Crippen LogP) is 4.20. The van der Waals surface area contributed by atoms with Gasteiger partial charge in [0, 0.05) is 17.1 Å². The SMILES string of the molecule is CN(C)C(CNc1ncnc2ccsc12)c1c(F)cccc1Cl. The standard InChI is InChI=1S/C16H16ClFN4S/c1-22(2)13(14-10(17)4-3-5-11(14)18)8-19-16-15-12(6-7-23-15)20-9-21-16/h3-7,9,13H,8H2,1-2H3,(H,19,20,21). The van der Waals surface area contributed by atoms with E-state index in [9.17, 15) is 4.39 Å². The van der Waals surface area contributed by atoms with E-state index in [1.807, 2.05) is 30.4 Å². The van der Waals surface area contributed by atoms with Crippen molar-refractivity contribution in [2.75, 3.05) is 26.0 Å². The highest BCUT2D eigenvalue weighted by atomic mass is 35.5. The number of hydrogen-bond acceptors (Lipinski definition) is 5. The number of halogens is 2. The molecule has 1 aromatic carbocycles. The molecule has 7 heteroatoms. The molecular formula is C16H16ClFN4S. The van der Waals surface area contributed by atoms with Crippen LogP contribution in [0.15, 0.2) is 36.0 Å². The van der Waals surface area contributed by atoms with Crippen LogP contribution in [0.3, 0.4) is 0 Å². The van der Waals surface area contributed by atoms with Crippen molar-refractivity contribution in [1.29, 1.82) is 0 Å². The zero-order valence-electron chi connectivity index (χ0n) is 12.8. The lowest BCUT2D eigenvalue weighted by Gasteiger charge is -2.26. The maximum Gasteiger partial charge on any atom is 0.147 e. The topological polar surface area (TPSA) is 41.0 Å². The molecule has 0 saturated carbocycles. The van der Waals surface area contributed by atoms with Gasteiger partial charge in [-0.25, -0.2) is 14.4 Å². The molecule has 1 unspecified atom stereocenters. The quantitative estimate of drug-likeness (QED) is 0.748. The lowest BCUT2D eigenvalue weighted by atomic mass is 10.1. The van der Waals surface area contributed by atoms with Crippen LogP contribution in [0.2, 0.25) is 5.02 Å². The first kappa shape index (κ1) is 16.1. The monoisotopic (exact) mass is 350 g/mol. The largest absolute Gasteiger partial charge is 0.367 e. The Bertz CT molecular complexity index is 800. The molecule has 0 aliphatic heterocycles. The molecule has 120 valence electrons. The number of rotatable bonds is 5. The van der Waals surface area contributed by atoms with Gasteiger partial charge in [-0.3, -0.25) is 0 Å². The Labute approximate surface area is 142 Å². The number of likely N-dealkylation sites (N-methyl/N-ethyl adjacent to an activating group) is 1. The first-order valence-corrected chi connectivity index (χ1v) is 8.36. The summed E-state index contributed by atoms with van der Waals surface area (Å²) >= 11 is 7.78. The number of nitrogens with one attached hydrogen (secondary N) is 1. The lowest BCUT2D eigenvalue weighted by molar-refractivity contribution is 0.304. The number of benzene rings is 1. The molecule has 0 fully saturated rings. The van der Waals surface area contributed by atoms with Gasteiger partial charge in [0.15, 0.2) is 0 Å². The Morgan fingerprint density at radius 1 is 1.30 bits per heavy atom. The van der Waals surface area contributed by atoms with E-state index in [1.165, 1.54) is 12.4 Å². The van der Waals surface area contributed by atoms with Crippen LogP contribution in [0.25, 0.3) is 10.2 Å². The minimum atomic E-state index is -0.304. The highest BCUT2D eigenvalue weighted by Gasteiger charge is 2.21. The van der Waals surface area contributed by atoms with Crippen molar-refractivity contribution in [2.45, 2.75) is 6.04 Å². The third-order valence-corrected chi connectivity index (χ3v) is 4.90. The molecule has 1 N–H and O–H groups in total. The van der Waals surface area contributed by atoms with E-state index in [2.05, 4.69) is 15.3 Å². The fourth-order valence-electron chi connectivity index (χ4n) is 2.48. The molecule has 0 aliphatic rings. The van der Waals surface area contributed by atoms with Gasteiger partial charge in [0.1, 0.15) is 18.0 Å². The third-order valence-electron chi connectivity index (χ3n) is 3.66. The van der Waals surface area contributed by atoms with Crippen molar-refractivity contribution >= 4 is 39.0 Å². The highest BCUT2D eigenvalue weighted by molar-refractivity contribution is 7.17. The van der Waals surface area contributed by atoms with E-state index < -0.39 is 0 Å². The van der Waals surface area contributed by atoms with Gasteiger partial charge in [-0.05, 0) is 37.7 Å². The number of nitrogens with zero attached hydrogens (tertiary/aromatic N) is 3. The van der Waals surface area contributed by atoms with Gasteiger partial charge in [-0.1, -0.05) is 17.7 Å². The number of aromatic nitrogens is 2. The molecule has 23 heavy (non-hydrogen) atoms. The lowest BCUT2D eigenvalue weighted by Crippen LogP contribution is -2.28. The Balaban J connectivity index is 1.88. The first-order valence-electron chi connectivity index (χ1n) is 7.10. The molecule has 2 heterocycles. The van der Waals surface area contributed by atoms with Gasteiger partial charge < -0.3 is 10.2 Å². The van der Waals surface area contributed by atoms with Crippen molar-refractivity contribution in [3.05, 3.63) is 52.4 Å². The third kappa shape index (κ3) is 3.29. The molecule has 0 bridgehead atoms. The summed E-state index contributed by atoms with van der Waals surface area (Å²) in [7, 11) is 3.80. The Kier molecular flexibility index (Phi) is 4.75. The molecule has 0 amide bonds. The maximum absolute atomic E-state index is 14.2. The number of fused-ring (bicyclic) bond motifs is 1. The average molecular weight is 351 g/mol. The van der Waals surface area contributed by atoms with Gasteiger partial charge in [0.25, 0.3) is 0 Å². The number of thiophene rings is 1. The van der Waals surface area contributed by atoms with Gasteiger partial charge in [0.05, 0.1) is 16.3 Å². The second-order valence-corrected chi connectivity index (χ2v) is 6.68. The summed E-state index contributed by atoms with van der Waals surface area (Å²) in [5.41, 5.74) is 1.39. The van der Waals surface area contributed by atoms with E-state index >= 15 is 0 Å². The highest BCUT2D eigenvalue weighted by Crippen LogP contribution is 2.30. The molecule has 2 aromatic heterocycles. The van der Waals surface area contributed by atoms with Crippen molar-refractivity contribution in [1.82, 2.24) is 14.9 Å². The zero-order valence-corrected chi connectivity index (χ0v) is 14.3. The van der Waals surface area contributed by atoms with E-state index in [0.717, 1.165) is 16.0 Å². The van der Waals surface area contributed by atoms with Gasteiger partial charge in [0.2, 0.25) is 0 Å². The minimum Gasteiger partial charge on any atom is -0.367 e. The molecule has 1 atom stereocenters. The molecular weight excluding hydrogens is 335 g/mol. The van der Waals surface area contributed by atoms with Crippen LogP contribution in [0.5, 0.6) is 0 Å². The van der Waals surface area contributed by atoms with Gasteiger partial charge in [-0.15, -0.1) is 11.3 Å². The van der Waals surface area contributed by atoms with Crippen LogP contribution in [0.1, 0.15) is 11.6 Å². The van der Waals surface area contributed by atoms with Crippen molar-refractivity contribution in [2.24, 2.45) is 0 Å². The van der Waals surface area contributed by atoms with Crippen LogP contribution in [0, 0.1) is 5.82 Å². The van der Waals surface area contributed by atoms with Crippen LogP contribution in [0.4, 0.5) is 10.2 Å². The van der Waals surface area contributed by atoms with Crippen molar-refractivity contribution in [3.8, 4) is 0 Å². The summed E-state index contributed by atoms with van der Waals surface area (Å²) in [6.45, 7) is 0.484. The van der Waals surface area contributed by atoms with E-state index in [1.54, 1.807) is 23.5 Å². The van der Waals surface area contributed by atoms with Crippen molar-refractivity contribution in [3.63, 3.8) is 0 Å². The predicted molar refractivity (Wildman–Crippen MR) is 93.7 cm³/mol. The summed E-state index contributed by atoms with van der Waals surface area (Å²) in [5.74, 6) is 0.450. The van der Waals surface area contributed by atoms with E-state index in [0.29, 0.717) is 17.1 Å². The summed E-state index contributed by atoms with van der Waals surface area (Å²) in [6.07, 6.45) is 1.53. The van der Waals surface area contributed by atoms with Gasteiger partial charge in [-0.2, -0.15) is 0 Å². The summed E-state index contributed by atoms with van der Waals surface area (Å²) < 4.78 is 15.2. The Morgan fingerprint density at radius 2 is 2.13 bits per heavy atom. The second-order valence-electron chi connectivity index (χ2n) is 5.35. The molecule has 0 saturated heterocycles. The molecule has 4 nitrogen and oxygen atoms in total. The molecule has 3 aromatic rings. The molecule has 3 rings (SSSR count). The minimum absolute atomic E-state index is 0.214. The average Bonchev–Trinajstić information content (AvgIpc) is 2.99. The van der Waals surface area contributed by atoms with Crippen molar-refractivity contribution < 1.29 is 4.39 Å². The van der Waals surface area contributed by atoms with Crippen LogP contribution < -0.4 is 5.32 Å². The summed E-state index contributed by atoms with van der Waals surface area (Å²) in [6, 6.07) is 6.48. The van der Waals surface area contributed by atoms with E-state index in [-0.39, 0.29) is 11.9 Å². The van der Waals surface area contributed by atoms with Crippen LogP contribution >= 0.6 is 22.9 Å². The first-order chi connectivity index (χ1) is 11.1. The number of hydrogen-bond donors (Lipinski definition) is 1. The van der Waals surface area contributed by atoms with E-state index in [4.69, 9.17) is 11.6 Å². The fourth-order valence-corrected chi connectivity index (χ4v) is 3.58. The fraction of sp³-hybridized carbons (Fsp3) is 0.250.